The first-order valence-electron chi connectivity index (χ1n) is 7.91. The second-order valence-electron chi connectivity index (χ2n) is 5.74. The van der Waals surface area contributed by atoms with Crippen LogP contribution in [0.3, 0.4) is 0 Å². The van der Waals surface area contributed by atoms with Crippen LogP contribution in [0.1, 0.15) is 30.6 Å². The summed E-state index contributed by atoms with van der Waals surface area (Å²) >= 11 is 0. The van der Waals surface area contributed by atoms with Gasteiger partial charge in [0.1, 0.15) is 6.04 Å². The Bertz CT molecular complexity index is 727. The molecule has 2 unspecified atom stereocenters. The highest BCUT2D eigenvalue weighted by atomic mass is 16.2. The van der Waals surface area contributed by atoms with Crippen LogP contribution in [0, 0.1) is 0 Å². The molecule has 1 heterocycles. The summed E-state index contributed by atoms with van der Waals surface area (Å²) in [6.45, 7) is 3.76. The predicted molar refractivity (Wildman–Crippen MR) is 91.9 cm³/mol. The van der Waals surface area contributed by atoms with Crippen molar-refractivity contribution in [2.24, 2.45) is 0 Å². The highest BCUT2D eigenvalue weighted by Gasteiger charge is 2.36. The number of nitrogens with one attached hydrogen (secondary N) is 1. The molecule has 23 heavy (non-hydrogen) atoms. The van der Waals surface area contributed by atoms with Gasteiger partial charge in [-0.2, -0.15) is 0 Å². The van der Waals surface area contributed by atoms with Crippen molar-refractivity contribution in [3.8, 4) is 0 Å². The highest BCUT2D eigenvalue weighted by Crippen LogP contribution is 2.34. The van der Waals surface area contributed by atoms with E-state index in [0.29, 0.717) is 12.0 Å². The average Bonchev–Trinajstić information content (AvgIpc) is 2.60. The van der Waals surface area contributed by atoms with Gasteiger partial charge in [0.2, 0.25) is 5.91 Å². The van der Waals surface area contributed by atoms with E-state index >= 15 is 0 Å². The third-order valence-electron chi connectivity index (χ3n) is 4.26. The standard InChI is InChI=1S/C19H20N2O2/c1-3-15-19(23)21(17-12-8-7-11-16(17)20-15)13(2)18(22)14-9-5-4-6-10-14/h4-13,15,20H,3H2,1-2H3. The third-order valence-corrected chi connectivity index (χ3v) is 4.26. The SMILES string of the molecule is CCC1Nc2ccccc2N(C(C)C(=O)c2ccccc2)C1=O. The number of anilines is 2. The molecule has 1 aliphatic heterocycles. The maximum absolute atomic E-state index is 12.8. The Morgan fingerprint density at radius 3 is 2.48 bits per heavy atom. The number of fused-ring (bicyclic) bond motifs is 1. The molecule has 0 bridgehead atoms. The Kier molecular flexibility index (Phi) is 4.15. The molecule has 1 aliphatic rings. The molecule has 1 amide bonds. The lowest BCUT2D eigenvalue weighted by atomic mass is 9.99. The van der Waals surface area contributed by atoms with Gasteiger partial charge < -0.3 is 5.32 Å². The lowest BCUT2D eigenvalue weighted by Gasteiger charge is -2.38. The lowest BCUT2D eigenvalue weighted by molar-refractivity contribution is -0.119. The van der Waals surface area contributed by atoms with E-state index in [1.54, 1.807) is 24.0 Å². The van der Waals surface area contributed by atoms with Crippen LogP contribution in [0.5, 0.6) is 0 Å². The number of carbonyl (C=O) groups is 2. The van der Waals surface area contributed by atoms with Crippen LogP contribution < -0.4 is 10.2 Å². The first-order chi connectivity index (χ1) is 11.1. The number of benzene rings is 2. The van der Waals surface area contributed by atoms with E-state index < -0.39 is 6.04 Å². The van der Waals surface area contributed by atoms with Gasteiger partial charge in [-0.05, 0) is 25.5 Å². The number of ketones is 1. The molecule has 0 saturated carbocycles. The summed E-state index contributed by atoms with van der Waals surface area (Å²) in [6.07, 6.45) is 0.677. The minimum absolute atomic E-state index is 0.0505. The Labute approximate surface area is 136 Å². The second kappa shape index (κ2) is 6.24. The van der Waals surface area contributed by atoms with Gasteiger partial charge in [0.05, 0.1) is 17.4 Å². The van der Waals surface area contributed by atoms with Gasteiger partial charge in [0.15, 0.2) is 5.78 Å². The molecule has 0 saturated heterocycles. The van der Waals surface area contributed by atoms with Crippen molar-refractivity contribution >= 4 is 23.1 Å². The molecule has 0 fully saturated rings. The predicted octanol–water partition coefficient (Wildman–Crippen LogP) is 3.50. The largest absolute Gasteiger partial charge is 0.372 e. The van der Waals surface area contributed by atoms with Crippen LogP contribution in [0.4, 0.5) is 11.4 Å². The summed E-state index contributed by atoms with van der Waals surface area (Å²) < 4.78 is 0. The van der Waals surface area contributed by atoms with Crippen LogP contribution in [0.25, 0.3) is 0 Å². The molecule has 3 rings (SSSR count). The average molecular weight is 308 g/mol. The summed E-state index contributed by atoms with van der Waals surface area (Å²) in [5.41, 5.74) is 2.28. The maximum Gasteiger partial charge on any atom is 0.250 e. The lowest BCUT2D eigenvalue weighted by Crippen LogP contribution is -2.53. The highest BCUT2D eigenvalue weighted by molar-refractivity contribution is 6.12. The molecule has 0 spiro atoms. The monoisotopic (exact) mass is 308 g/mol. The van der Waals surface area contributed by atoms with E-state index in [9.17, 15) is 9.59 Å². The molecule has 4 nitrogen and oxygen atoms in total. The van der Waals surface area contributed by atoms with Gasteiger partial charge >= 0.3 is 0 Å². The molecular weight excluding hydrogens is 288 g/mol. The van der Waals surface area contributed by atoms with Crippen molar-refractivity contribution < 1.29 is 9.59 Å². The summed E-state index contributed by atoms with van der Waals surface area (Å²) in [7, 11) is 0. The van der Waals surface area contributed by atoms with Crippen molar-refractivity contribution in [3.05, 3.63) is 60.2 Å². The Morgan fingerprint density at radius 2 is 1.78 bits per heavy atom. The molecule has 0 radical (unpaired) electrons. The number of Topliss-reactive ketones (excluding diaryl/α,β-unsaturated/α-hetero) is 1. The van der Waals surface area contributed by atoms with Crippen LogP contribution in [-0.4, -0.2) is 23.8 Å². The van der Waals surface area contributed by atoms with Gasteiger partial charge in [0, 0.05) is 5.56 Å². The summed E-state index contributed by atoms with van der Waals surface area (Å²) in [5.74, 6) is -0.103. The third kappa shape index (κ3) is 2.72. The topological polar surface area (TPSA) is 49.4 Å². The normalized spacial score (nSPS) is 18.1. The number of hydrogen-bond donors (Lipinski definition) is 1. The van der Waals surface area contributed by atoms with Crippen molar-refractivity contribution in [2.75, 3.05) is 10.2 Å². The molecule has 4 heteroatoms. The molecule has 0 aromatic heterocycles. The maximum atomic E-state index is 12.8. The van der Waals surface area contributed by atoms with Gasteiger partial charge in [-0.25, -0.2) is 0 Å². The van der Waals surface area contributed by atoms with Crippen LogP contribution in [0.2, 0.25) is 0 Å². The zero-order valence-corrected chi connectivity index (χ0v) is 13.3. The number of para-hydroxylation sites is 2. The minimum atomic E-state index is -0.540. The fourth-order valence-electron chi connectivity index (χ4n) is 2.98. The van der Waals surface area contributed by atoms with Crippen molar-refractivity contribution in [3.63, 3.8) is 0 Å². The minimum Gasteiger partial charge on any atom is -0.372 e. The number of carbonyl (C=O) groups excluding carboxylic acids is 2. The number of hydrogen-bond acceptors (Lipinski definition) is 3. The van der Waals surface area contributed by atoms with E-state index in [0.717, 1.165) is 11.4 Å². The van der Waals surface area contributed by atoms with Crippen LogP contribution >= 0.6 is 0 Å². The van der Waals surface area contributed by atoms with E-state index in [1.807, 2.05) is 49.4 Å². The number of rotatable bonds is 4. The zero-order valence-electron chi connectivity index (χ0n) is 13.3. The van der Waals surface area contributed by atoms with Gasteiger partial charge in [-0.3, -0.25) is 14.5 Å². The van der Waals surface area contributed by atoms with Gasteiger partial charge in [0.25, 0.3) is 0 Å². The van der Waals surface area contributed by atoms with Crippen LogP contribution in [0.15, 0.2) is 54.6 Å². The second-order valence-corrected chi connectivity index (χ2v) is 5.74. The van der Waals surface area contributed by atoms with Gasteiger partial charge in [-0.1, -0.05) is 49.4 Å². The number of amides is 1. The molecule has 118 valence electrons. The summed E-state index contributed by atoms with van der Waals surface area (Å²) in [5, 5.41) is 3.26. The molecule has 2 atom stereocenters. The molecule has 1 N–H and O–H groups in total. The van der Waals surface area contributed by atoms with Gasteiger partial charge in [-0.15, -0.1) is 0 Å². The molecular formula is C19H20N2O2. The quantitative estimate of drug-likeness (QED) is 0.880. The first kappa shape index (κ1) is 15.3. The molecule has 2 aromatic rings. The molecule has 0 aliphatic carbocycles. The summed E-state index contributed by atoms with van der Waals surface area (Å²) in [4.78, 5) is 27.2. The fraction of sp³-hybridized carbons (Fsp3) is 0.263. The van der Waals surface area contributed by atoms with Crippen molar-refractivity contribution in [2.45, 2.75) is 32.4 Å². The van der Waals surface area contributed by atoms with E-state index in [-0.39, 0.29) is 17.7 Å². The van der Waals surface area contributed by atoms with Crippen LogP contribution in [-0.2, 0) is 4.79 Å². The fourth-order valence-corrected chi connectivity index (χ4v) is 2.98. The van der Waals surface area contributed by atoms with E-state index in [1.165, 1.54) is 0 Å². The van der Waals surface area contributed by atoms with E-state index in [4.69, 9.17) is 0 Å². The first-order valence-corrected chi connectivity index (χ1v) is 7.91. The number of nitrogens with zero attached hydrogens (tertiary/aromatic N) is 1. The Hall–Kier alpha value is -2.62. The van der Waals surface area contributed by atoms with E-state index in [2.05, 4.69) is 5.32 Å². The molecule has 2 aromatic carbocycles. The van der Waals surface area contributed by atoms with Crippen molar-refractivity contribution in [1.82, 2.24) is 0 Å². The smallest absolute Gasteiger partial charge is 0.250 e. The Balaban J connectivity index is 1.99. The summed E-state index contributed by atoms with van der Waals surface area (Å²) in [6, 6.07) is 15.9. The zero-order chi connectivity index (χ0) is 16.4. The Morgan fingerprint density at radius 1 is 1.13 bits per heavy atom. The van der Waals surface area contributed by atoms with Crippen molar-refractivity contribution in [1.29, 1.82) is 0 Å².